The van der Waals surface area contributed by atoms with Gasteiger partial charge in [-0.3, -0.25) is 57.7 Å². The molecule has 0 radical (unpaired) electrons. The number of primary amides is 2. The van der Waals surface area contributed by atoms with E-state index in [0.29, 0.717) is 24.0 Å². The molecule has 3 aromatic rings. The van der Waals surface area contributed by atoms with Crippen LogP contribution < -0.4 is 65.1 Å². The van der Waals surface area contributed by atoms with Crippen LogP contribution in [0.5, 0.6) is 5.75 Å². The maximum absolute atomic E-state index is 14.4. The molecule has 1 aromatic heterocycles. The number of aromatic amines is 1. The van der Waals surface area contributed by atoms with Gasteiger partial charge in [0, 0.05) is 63.4 Å². The van der Waals surface area contributed by atoms with Crippen molar-refractivity contribution in [2.24, 2.45) is 34.0 Å². The molecule has 1 aliphatic carbocycles. The molecule has 5 rings (SSSR count). The van der Waals surface area contributed by atoms with Crippen LogP contribution in [-0.2, 0) is 65.6 Å². The maximum Gasteiger partial charge on any atom is 0.246 e. The highest BCUT2D eigenvalue weighted by atomic mass is 16.3. The number of rotatable bonds is 32. The minimum absolute atomic E-state index is 0.0336. The monoisotopic (exact) mass is 1240 g/mol. The minimum Gasteiger partial charge on any atom is -0.508 e. The molecule has 11 atom stereocenters. The first-order valence-electron chi connectivity index (χ1n) is 30.1. The molecule has 29 nitrogen and oxygen atoms in total. The Balaban J connectivity index is 1.29. The lowest BCUT2D eigenvalue weighted by atomic mass is 9.84. The maximum atomic E-state index is 14.4. The first-order valence-corrected chi connectivity index (χ1v) is 30.1. The number of fused-ring (bicyclic) bond motifs is 1. The summed E-state index contributed by atoms with van der Waals surface area (Å²) in [7, 11) is 1.49. The first kappa shape index (κ1) is 70.9. The van der Waals surface area contributed by atoms with Gasteiger partial charge in [0.05, 0.1) is 18.6 Å². The van der Waals surface area contributed by atoms with Crippen LogP contribution in [-0.4, -0.2) is 183 Å². The van der Waals surface area contributed by atoms with Crippen molar-refractivity contribution in [2.45, 2.75) is 185 Å². The van der Waals surface area contributed by atoms with Crippen LogP contribution in [0.4, 0.5) is 0 Å². The van der Waals surface area contributed by atoms with E-state index in [2.05, 4.69) is 57.8 Å². The summed E-state index contributed by atoms with van der Waals surface area (Å²) in [6, 6.07) is 0.504. The predicted molar refractivity (Wildman–Crippen MR) is 327 cm³/mol. The van der Waals surface area contributed by atoms with Crippen LogP contribution in [0.3, 0.4) is 0 Å². The van der Waals surface area contributed by atoms with Gasteiger partial charge in [0.2, 0.25) is 65.0 Å². The number of nitrogens with zero attached hydrogens (tertiary/aromatic N) is 2. The number of aliphatic hydroxyl groups excluding tert-OH is 2. The molecule has 29 heteroatoms. The van der Waals surface area contributed by atoms with Crippen LogP contribution in [0.1, 0.15) is 116 Å². The van der Waals surface area contributed by atoms with Crippen LogP contribution in [0.25, 0.3) is 10.9 Å². The number of β-amino-alcohol motifs (C(OH)–C–C–N with tert-alkyl or cyclic N) is 1. The number of guanidine groups is 1. The molecule has 11 amide bonds. The summed E-state index contributed by atoms with van der Waals surface area (Å²) in [6.07, 6.45) is 2.12. The standard InChI is InChI=1S/C60H89N15O14/c1-31(2)23-44(55(85)69-42(17-12-22-65-60(63)64-6)53(83)70-43(51(62)81)26-37-29-66-41-16-11-10-15-40(37)41)71-52(82)32(3)67-54(84)45(24-35-13-8-7-9-14-35)73-58(88)50(33(4)76)74-56(86)46(28-49(61)80)72-57(87)48-27-39(79)30-75(48)59(89)47(68-34(5)77)25-36-18-20-38(78)21-19-36/h10-11,15-16,18-21,29,31-33,35,39,42-48,50,66,76,78-79H,7-9,12-14,17,22-28,30H2,1-6H3,(H2,61,80)(H2,62,81)(H,67,84)(H,68,77)(H,69,85)(H,70,83)(H,71,82)(H,72,87)(H,73,88)(H,74,86)(H3,63,64,65)/t32-,33+,39+,42-,43-,44-,45-,46-,47+,48-,50-/m0/s1. The second-order valence-corrected chi connectivity index (χ2v) is 23.5. The number of phenolic OH excluding ortho intramolecular Hbond substituents is 1. The molecule has 19 N–H and O–H groups in total. The Morgan fingerprint density at radius 2 is 1.31 bits per heavy atom. The van der Waals surface area contributed by atoms with E-state index in [9.17, 15) is 68.1 Å². The minimum atomic E-state index is -1.83. The van der Waals surface area contributed by atoms with Crippen molar-refractivity contribution in [2.75, 3.05) is 20.1 Å². The van der Waals surface area contributed by atoms with Crippen molar-refractivity contribution >= 4 is 81.8 Å². The molecule has 488 valence electrons. The van der Waals surface area contributed by atoms with Crippen molar-refractivity contribution < 1.29 is 68.1 Å². The Morgan fingerprint density at radius 3 is 1.94 bits per heavy atom. The number of aliphatic imine (C=N–C) groups is 1. The van der Waals surface area contributed by atoms with Crippen LogP contribution >= 0.6 is 0 Å². The lowest BCUT2D eigenvalue weighted by Gasteiger charge is -2.31. The predicted octanol–water partition coefficient (Wildman–Crippen LogP) is -2.39. The number of carbonyl (C=O) groups excluding carboxylic acids is 11. The van der Waals surface area contributed by atoms with E-state index < -0.39 is 138 Å². The summed E-state index contributed by atoms with van der Waals surface area (Å²) in [5.74, 6) is -9.78. The van der Waals surface area contributed by atoms with E-state index in [0.717, 1.165) is 35.1 Å². The van der Waals surface area contributed by atoms with Crippen molar-refractivity contribution in [3.05, 3.63) is 65.9 Å². The number of amides is 11. The summed E-state index contributed by atoms with van der Waals surface area (Å²) in [4.78, 5) is 159. The van der Waals surface area contributed by atoms with Gasteiger partial charge in [0.1, 0.15) is 60.1 Å². The van der Waals surface area contributed by atoms with Gasteiger partial charge in [0.25, 0.3) is 0 Å². The van der Waals surface area contributed by atoms with E-state index in [1.807, 2.05) is 24.3 Å². The Morgan fingerprint density at radius 1 is 0.697 bits per heavy atom. The number of aromatic nitrogens is 1. The van der Waals surface area contributed by atoms with E-state index in [4.69, 9.17) is 17.2 Å². The third-order valence-electron chi connectivity index (χ3n) is 15.6. The molecule has 0 bridgehead atoms. The molecule has 1 aliphatic heterocycles. The van der Waals surface area contributed by atoms with Gasteiger partial charge in [-0.2, -0.15) is 0 Å². The van der Waals surface area contributed by atoms with Gasteiger partial charge in [0.15, 0.2) is 5.96 Å². The van der Waals surface area contributed by atoms with E-state index in [1.54, 1.807) is 20.0 Å². The zero-order chi connectivity index (χ0) is 65.6. The molecule has 2 heterocycles. The van der Waals surface area contributed by atoms with Crippen molar-refractivity contribution in [3.63, 3.8) is 0 Å². The summed E-state index contributed by atoms with van der Waals surface area (Å²) in [5.41, 5.74) is 19.2. The third kappa shape index (κ3) is 22.1. The van der Waals surface area contributed by atoms with Crippen LogP contribution in [0.15, 0.2) is 59.7 Å². The molecule has 2 aromatic carbocycles. The first-order chi connectivity index (χ1) is 42.1. The number of aliphatic hydroxyl groups is 2. The number of H-pyrrole nitrogens is 1. The zero-order valence-electron chi connectivity index (χ0n) is 51.3. The van der Waals surface area contributed by atoms with Crippen LogP contribution in [0, 0.1) is 11.8 Å². The van der Waals surface area contributed by atoms with Gasteiger partial charge in [-0.1, -0.05) is 76.3 Å². The number of hydrogen-bond donors (Lipinski definition) is 16. The molecule has 2 fully saturated rings. The van der Waals surface area contributed by atoms with Crippen molar-refractivity contribution in [1.29, 1.82) is 0 Å². The van der Waals surface area contributed by atoms with Crippen molar-refractivity contribution in [3.8, 4) is 5.75 Å². The average Bonchev–Trinajstić information content (AvgIpc) is 2.91. The largest absolute Gasteiger partial charge is 0.508 e. The molecular formula is C60H89N15O14. The number of nitrogens with one attached hydrogen (secondary N) is 10. The summed E-state index contributed by atoms with van der Waals surface area (Å²) >= 11 is 0. The quantitative estimate of drug-likeness (QED) is 0.0176. The second kappa shape index (κ2) is 34.0. The summed E-state index contributed by atoms with van der Waals surface area (Å²) < 4.78 is 0. The number of nitrogens with two attached hydrogens (primary N) is 3. The molecule has 2 aliphatic rings. The Labute approximate surface area is 516 Å². The summed E-state index contributed by atoms with van der Waals surface area (Å²) in [5, 5.41) is 55.8. The summed E-state index contributed by atoms with van der Waals surface area (Å²) in [6.45, 7) is 7.22. The molecular weight excluding hydrogens is 1150 g/mol. The van der Waals surface area contributed by atoms with Gasteiger partial charge >= 0.3 is 0 Å². The Hall–Kier alpha value is -8.86. The number of carbonyl (C=O) groups is 11. The van der Waals surface area contributed by atoms with Crippen molar-refractivity contribution in [1.82, 2.24) is 57.7 Å². The van der Waals surface area contributed by atoms with E-state index in [1.165, 1.54) is 52.1 Å². The van der Waals surface area contributed by atoms with Gasteiger partial charge in [-0.05, 0) is 80.7 Å². The smallest absolute Gasteiger partial charge is 0.246 e. The Bertz CT molecular complexity index is 3000. The lowest BCUT2D eigenvalue weighted by molar-refractivity contribution is -0.142. The van der Waals surface area contributed by atoms with E-state index >= 15 is 0 Å². The molecule has 1 saturated heterocycles. The molecule has 0 spiro atoms. The SMILES string of the molecule is CN=C(N)NCCC[C@H](NC(=O)[C@H](CC(C)C)NC(=O)[C@H](C)NC(=O)[C@H](CC1CCCCC1)NC(=O)[C@@H](NC(=O)[C@H](CC(N)=O)NC(=O)[C@@H]1C[C@@H](O)CN1C(=O)[C@@H](Cc1ccc(O)cc1)NC(C)=O)[C@@H](C)O)C(=O)N[C@@H](Cc1c[nH]c2ccccc12)C(N)=O. The molecule has 1 saturated carbocycles. The normalized spacial score (nSPS) is 18.3. The van der Waals surface area contributed by atoms with Gasteiger partial charge < -0.3 is 90.3 Å². The number of benzene rings is 2. The average molecular weight is 1240 g/mol. The Kier molecular flexibility index (Phi) is 27.1. The fourth-order valence-electron chi connectivity index (χ4n) is 10.9. The third-order valence-corrected chi connectivity index (χ3v) is 15.6. The highest BCUT2D eigenvalue weighted by Gasteiger charge is 2.43. The topological polar surface area (TPSA) is 466 Å². The van der Waals surface area contributed by atoms with E-state index in [-0.39, 0.29) is 81.6 Å². The highest BCUT2D eigenvalue weighted by molar-refractivity contribution is 6.00. The number of hydrogen-bond acceptors (Lipinski definition) is 15. The fraction of sp³-hybridized carbons (Fsp3) is 0.567. The second-order valence-electron chi connectivity index (χ2n) is 23.5. The number of aromatic hydroxyl groups is 1. The fourth-order valence-corrected chi connectivity index (χ4v) is 10.9. The number of para-hydroxylation sites is 1. The molecule has 89 heavy (non-hydrogen) atoms. The number of likely N-dealkylation sites (tertiary alicyclic amines) is 1. The van der Waals surface area contributed by atoms with Gasteiger partial charge in [-0.25, -0.2) is 0 Å². The van der Waals surface area contributed by atoms with Gasteiger partial charge in [-0.15, -0.1) is 0 Å². The number of phenols is 1. The lowest BCUT2D eigenvalue weighted by Crippen LogP contribution is -2.62. The zero-order valence-corrected chi connectivity index (χ0v) is 51.3. The highest BCUT2D eigenvalue weighted by Crippen LogP contribution is 2.28. The van der Waals surface area contributed by atoms with Crippen LogP contribution in [0.2, 0.25) is 0 Å². The molecule has 0 unspecified atom stereocenters.